The lowest BCUT2D eigenvalue weighted by Gasteiger charge is -2.13. The minimum atomic E-state index is -1.40. The maximum absolute atomic E-state index is 13.6. The van der Waals surface area contributed by atoms with Crippen LogP contribution in [-0.4, -0.2) is 34.7 Å². The molecule has 0 heterocycles. The Hall–Kier alpha value is -2.47. The number of carbonyl (C=O) groups excluding carboxylic acids is 1. The Labute approximate surface area is 113 Å². The van der Waals surface area contributed by atoms with Crippen molar-refractivity contribution in [2.24, 2.45) is 0 Å². The van der Waals surface area contributed by atoms with Crippen LogP contribution in [0.3, 0.4) is 0 Å². The highest BCUT2D eigenvalue weighted by atomic mass is 19.1. The van der Waals surface area contributed by atoms with E-state index in [2.05, 4.69) is 5.32 Å². The average Bonchev–Trinajstić information content (AvgIpc) is 2.45. The fourth-order valence-electron chi connectivity index (χ4n) is 1.88. The Bertz CT molecular complexity index is 671. The molecule has 1 amide bonds. The number of benzene rings is 2. The van der Waals surface area contributed by atoms with Crippen LogP contribution in [0.2, 0.25) is 0 Å². The van der Waals surface area contributed by atoms with Gasteiger partial charge in [0.25, 0.3) is 5.91 Å². The molecule has 0 aromatic heterocycles. The lowest BCUT2D eigenvalue weighted by Crippen LogP contribution is -2.43. The number of amides is 1. The van der Waals surface area contributed by atoms with E-state index in [0.29, 0.717) is 5.39 Å². The van der Waals surface area contributed by atoms with E-state index in [9.17, 15) is 14.0 Å². The van der Waals surface area contributed by atoms with Crippen molar-refractivity contribution in [2.75, 3.05) is 6.61 Å². The predicted molar refractivity (Wildman–Crippen MR) is 69.9 cm³/mol. The van der Waals surface area contributed by atoms with Crippen molar-refractivity contribution in [1.29, 1.82) is 0 Å². The summed E-state index contributed by atoms with van der Waals surface area (Å²) in [5.74, 6) is -2.48. The van der Waals surface area contributed by atoms with E-state index < -0.39 is 30.3 Å². The molecular weight excluding hydrogens is 265 g/mol. The minimum absolute atomic E-state index is 0.154. The molecule has 3 N–H and O–H groups in total. The van der Waals surface area contributed by atoms with Crippen LogP contribution in [0.4, 0.5) is 4.39 Å². The summed E-state index contributed by atoms with van der Waals surface area (Å²) >= 11 is 0. The first-order chi connectivity index (χ1) is 9.54. The zero-order valence-electron chi connectivity index (χ0n) is 10.3. The van der Waals surface area contributed by atoms with E-state index in [1.54, 1.807) is 18.2 Å². The molecule has 1 unspecified atom stereocenters. The van der Waals surface area contributed by atoms with E-state index in [0.717, 1.165) is 6.07 Å². The van der Waals surface area contributed by atoms with E-state index >= 15 is 0 Å². The van der Waals surface area contributed by atoms with Gasteiger partial charge in [-0.15, -0.1) is 0 Å². The molecule has 0 saturated carbocycles. The number of fused-ring (bicyclic) bond motifs is 1. The van der Waals surface area contributed by atoms with Gasteiger partial charge in [-0.25, -0.2) is 9.18 Å². The van der Waals surface area contributed by atoms with Crippen molar-refractivity contribution in [3.63, 3.8) is 0 Å². The largest absolute Gasteiger partial charge is 0.480 e. The van der Waals surface area contributed by atoms with Crippen LogP contribution in [-0.2, 0) is 4.79 Å². The number of aliphatic hydroxyl groups is 1. The number of aliphatic hydroxyl groups excluding tert-OH is 1. The molecule has 0 aliphatic heterocycles. The summed E-state index contributed by atoms with van der Waals surface area (Å²) in [5, 5.41) is 20.5. The number of carboxylic acid groups (broad SMARTS) is 1. The van der Waals surface area contributed by atoms with Crippen LogP contribution in [0.25, 0.3) is 10.8 Å². The van der Waals surface area contributed by atoms with Crippen LogP contribution in [0.1, 0.15) is 10.4 Å². The molecule has 0 aliphatic rings. The Kier molecular flexibility index (Phi) is 3.95. The van der Waals surface area contributed by atoms with Crippen molar-refractivity contribution in [3.8, 4) is 0 Å². The molecule has 104 valence electrons. The second-order valence-corrected chi connectivity index (χ2v) is 4.19. The second kappa shape index (κ2) is 5.66. The lowest BCUT2D eigenvalue weighted by molar-refractivity contribution is -0.140. The highest BCUT2D eigenvalue weighted by Gasteiger charge is 2.21. The Morgan fingerprint density at radius 2 is 1.80 bits per heavy atom. The summed E-state index contributed by atoms with van der Waals surface area (Å²) in [6.07, 6.45) is 0. The summed E-state index contributed by atoms with van der Waals surface area (Å²) in [5.41, 5.74) is 0.154. The van der Waals surface area contributed by atoms with Gasteiger partial charge >= 0.3 is 5.97 Å². The average molecular weight is 277 g/mol. The smallest absolute Gasteiger partial charge is 0.328 e. The number of carboxylic acids is 1. The molecule has 2 aromatic rings. The van der Waals surface area contributed by atoms with Crippen molar-refractivity contribution in [3.05, 3.63) is 47.8 Å². The summed E-state index contributed by atoms with van der Waals surface area (Å²) in [6.45, 7) is -0.722. The standard InChI is InChI=1S/C14H12FNO4/c15-11-6-5-10(8-3-1-2-4-9(8)11)13(18)16-12(7-17)14(19)20/h1-6,12,17H,7H2,(H,16,18)(H,19,20). The van der Waals surface area contributed by atoms with Crippen molar-refractivity contribution >= 4 is 22.6 Å². The van der Waals surface area contributed by atoms with Gasteiger partial charge in [-0.2, -0.15) is 0 Å². The fraction of sp³-hybridized carbons (Fsp3) is 0.143. The lowest BCUT2D eigenvalue weighted by atomic mass is 10.0. The van der Waals surface area contributed by atoms with Gasteiger partial charge in [0.15, 0.2) is 6.04 Å². The second-order valence-electron chi connectivity index (χ2n) is 4.19. The topological polar surface area (TPSA) is 86.6 Å². The van der Waals surface area contributed by atoms with Gasteiger partial charge in [0.05, 0.1) is 6.61 Å². The Morgan fingerprint density at radius 3 is 2.40 bits per heavy atom. The molecule has 0 fully saturated rings. The zero-order valence-corrected chi connectivity index (χ0v) is 10.3. The maximum atomic E-state index is 13.6. The van der Waals surface area contributed by atoms with Gasteiger partial charge in [-0.05, 0) is 17.5 Å². The summed E-state index contributed by atoms with van der Waals surface area (Å²) in [4.78, 5) is 22.8. The molecular formula is C14H12FNO4. The third-order valence-corrected chi connectivity index (χ3v) is 2.90. The SMILES string of the molecule is O=C(NC(CO)C(=O)O)c1ccc(F)c2ccccc12. The molecule has 5 nitrogen and oxygen atoms in total. The Balaban J connectivity index is 2.40. The van der Waals surface area contributed by atoms with Crippen molar-refractivity contribution in [2.45, 2.75) is 6.04 Å². The van der Waals surface area contributed by atoms with Gasteiger partial charge in [0.1, 0.15) is 5.82 Å². The normalized spacial score (nSPS) is 12.1. The molecule has 2 rings (SSSR count). The molecule has 2 aromatic carbocycles. The zero-order chi connectivity index (χ0) is 14.7. The molecule has 0 bridgehead atoms. The summed E-state index contributed by atoms with van der Waals surface area (Å²) in [7, 11) is 0. The number of rotatable bonds is 4. The predicted octanol–water partition coefficient (Wildman–Crippen LogP) is 1.15. The van der Waals surface area contributed by atoms with Crippen LogP contribution in [0.5, 0.6) is 0 Å². The van der Waals surface area contributed by atoms with Crippen molar-refractivity contribution < 1.29 is 24.2 Å². The highest BCUT2D eigenvalue weighted by Crippen LogP contribution is 2.21. The first-order valence-electron chi connectivity index (χ1n) is 5.86. The maximum Gasteiger partial charge on any atom is 0.328 e. The third-order valence-electron chi connectivity index (χ3n) is 2.90. The third kappa shape index (κ3) is 2.60. The first kappa shape index (κ1) is 14.0. The van der Waals surface area contributed by atoms with E-state index in [1.165, 1.54) is 12.1 Å². The monoisotopic (exact) mass is 277 g/mol. The molecule has 0 radical (unpaired) electrons. The first-order valence-corrected chi connectivity index (χ1v) is 5.86. The molecule has 6 heteroatoms. The minimum Gasteiger partial charge on any atom is -0.480 e. The van der Waals surface area contributed by atoms with Gasteiger partial charge < -0.3 is 15.5 Å². The van der Waals surface area contributed by atoms with Crippen LogP contribution in [0.15, 0.2) is 36.4 Å². The number of aliphatic carboxylic acids is 1. The molecule has 0 saturated heterocycles. The number of hydrogen-bond acceptors (Lipinski definition) is 3. The van der Waals surface area contributed by atoms with E-state index in [-0.39, 0.29) is 10.9 Å². The molecule has 0 aliphatic carbocycles. The molecule has 0 spiro atoms. The van der Waals surface area contributed by atoms with Crippen LogP contribution >= 0.6 is 0 Å². The van der Waals surface area contributed by atoms with Gasteiger partial charge in [0.2, 0.25) is 0 Å². The molecule has 1 atom stereocenters. The fourth-order valence-corrected chi connectivity index (χ4v) is 1.88. The van der Waals surface area contributed by atoms with E-state index in [1.807, 2.05) is 0 Å². The molecule has 20 heavy (non-hydrogen) atoms. The van der Waals surface area contributed by atoms with Gasteiger partial charge in [0, 0.05) is 10.9 Å². The van der Waals surface area contributed by atoms with Gasteiger partial charge in [-0.1, -0.05) is 24.3 Å². The number of hydrogen-bond donors (Lipinski definition) is 3. The summed E-state index contributed by atoms with van der Waals surface area (Å²) in [6, 6.07) is 7.42. The highest BCUT2D eigenvalue weighted by molar-refractivity contribution is 6.08. The quantitative estimate of drug-likeness (QED) is 0.782. The van der Waals surface area contributed by atoms with Gasteiger partial charge in [-0.3, -0.25) is 4.79 Å². The van der Waals surface area contributed by atoms with Crippen LogP contribution in [0, 0.1) is 5.82 Å². The van der Waals surface area contributed by atoms with Crippen molar-refractivity contribution in [1.82, 2.24) is 5.32 Å². The van der Waals surface area contributed by atoms with Crippen LogP contribution < -0.4 is 5.32 Å². The number of carbonyl (C=O) groups is 2. The Morgan fingerprint density at radius 1 is 1.15 bits per heavy atom. The number of halogens is 1. The summed E-state index contributed by atoms with van der Waals surface area (Å²) < 4.78 is 13.6. The van der Waals surface area contributed by atoms with E-state index in [4.69, 9.17) is 10.2 Å². The number of nitrogens with one attached hydrogen (secondary N) is 1.